The number of fused-ring (bicyclic) bond motifs is 1. The van der Waals surface area contributed by atoms with E-state index in [1.165, 1.54) is 23.5 Å². The maximum atomic E-state index is 13.6. The van der Waals surface area contributed by atoms with Gasteiger partial charge in [-0.1, -0.05) is 26.8 Å². The van der Waals surface area contributed by atoms with Crippen molar-refractivity contribution in [3.63, 3.8) is 0 Å². The van der Waals surface area contributed by atoms with Crippen molar-refractivity contribution < 1.29 is 9.18 Å². The fraction of sp³-hybridized carbons (Fsp3) is 0.429. The summed E-state index contributed by atoms with van der Waals surface area (Å²) >= 11 is 1.46. The molecule has 3 rings (SSSR count). The number of carbonyl (C=O) groups is 1. The first-order chi connectivity index (χ1) is 13.0. The summed E-state index contributed by atoms with van der Waals surface area (Å²) in [6.07, 6.45) is 1.88. The summed E-state index contributed by atoms with van der Waals surface area (Å²) in [5, 5.41) is 1.92. The van der Waals surface area contributed by atoms with Crippen LogP contribution in [0.4, 0.5) is 4.39 Å². The molecule has 0 N–H and O–H groups in total. The molecule has 0 aliphatic rings. The number of hydrogen-bond donors (Lipinski definition) is 0. The molecule has 144 valence electrons. The Kier molecular flexibility index (Phi) is 6.26. The number of benzene rings is 1. The van der Waals surface area contributed by atoms with Crippen LogP contribution in [0.25, 0.3) is 11.0 Å². The van der Waals surface area contributed by atoms with Gasteiger partial charge < -0.3 is 9.47 Å². The lowest BCUT2D eigenvalue weighted by Gasteiger charge is -2.23. The quantitative estimate of drug-likeness (QED) is 0.523. The molecule has 1 amide bonds. The molecular weight excluding hydrogens is 361 g/mol. The third-order valence-corrected chi connectivity index (χ3v) is 5.42. The Balaban J connectivity index is 1.94. The number of nitrogens with zero attached hydrogens (tertiary/aromatic N) is 3. The average molecular weight is 388 g/mol. The zero-order valence-corrected chi connectivity index (χ0v) is 16.9. The van der Waals surface area contributed by atoms with Gasteiger partial charge in [-0.3, -0.25) is 4.79 Å². The predicted molar refractivity (Wildman–Crippen MR) is 108 cm³/mol. The van der Waals surface area contributed by atoms with Crippen LogP contribution in [-0.4, -0.2) is 26.9 Å². The van der Waals surface area contributed by atoms with Crippen LogP contribution >= 0.6 is 11.3 Å². The summed E-state index contributed by atoms with van der Waals surface area (Å²) in [7, 11) is 0. The Bertz CT molecular complexity index is 902. The first-order valence-corrected chi connectivity index (χ1v) is 10.3. The number of rotatable bonds is 8. The number of amides is 1. The number of hydrogen-bond acceptors (Lipinski definition) is 3. The maximum absolute atomic E-state index is 13.6. The van der Waals surface area contributed by atoms with Gasteiger partial charge in [0.15, 0.2) is 0 Å². The van der Waals surface area contributed by atoms with E-state index >= 15 is 0 Å². The van der Waals surface area contributed by atoms with E-state index < -0.39 is 0 Å². The summed E-state index contributed by atoms with van der Waals surface area (Å²) < 4.78 is 15.7. The number of aryl methyl sites for hydroxylation is 1. The summed E-state index contributed by atoms with van der Waals surface area (Å²) in [6.45, 7) is 8.32. The predicted octanol–water partition coefficient (Wildman–Crippen LogP) is 5.34. The largest absolute Gasteiger partial charge is 0.330 e. The molecule has 0 saturated carbocycles. The van der Waals surface area contributed by atoms with E-state index in [0.29, 0.717) is 24.5 Å². The topological polar surface area (TPSA) is 38.1 Å². The molecular formula is C21H26FN3OS. The second kappa shape index (κ2) is 8.65. The van der Waals surface area contributed by atoms with Crippen LogP contribution in [-0.2, 0) is 13.1 Å². The van der Waals surface area contributed by atoms with Gasteiger partial charge in [0.25, 0.3) is 5.91 Å². The summed E-state index contributed by atoms with van der Waals surface area (Å²) in [5.41, 5.74) is 1.56. The monoisotopic (exact) mass is 387 g/mol. The van der Waals surface area contributed by atoms with Crippen molar-refractivity contribution in [2.75, 3.05) is 6.54 Å². The van der Waals surface area contributed by atoms with E-state index in [1.54, 1.807) is 6.07 Å². The molecule has 1 aromatic carbocycles. The van der Waals surface area contributed by atoms with Crippen molar-refractivity contribution in [1.29, 1.82) is 0 Å². The minimum absolute atomic E-state index is 0.0342. The van der Waals surface area contributed by atoms with Crippen LogP contribution in [0.3, 0.4) is 0 Å². The Morgan fingerprint density at radius 1 is 1.33 bits per heavy atom. The molecule has 27 heavy (non-hydrogen) atoms. The molecule has 0 bridgehead atoms. The minimum Gasteiger partial charge on any atom is -0.330 e. The van der Waals surface area contributed by atoms with E-state index in [9.17, 15) is 9.18 Å². The highest BCUT2D eigenvalue weighted by Gasteiger charge is 2.21. The van der Waals surface area contributed by atoms with Crippen molar-refractivity contribution in [2.24, 2.45) is 5.92 Å². The second-order valence-electron chi connectivity index (χ2n) is 7.20. The zero-order chi connectivity index (χ0) is 19.4. The summed E-state index contributed by atoms with van der Waals surface area (Å²) in [6, 6.07) is 8.46. The normalized spacial score (nSPS) is 11.4. The highest BCUT2D eigenvalue weighted by Crippen LogP contribution is 2.21. The van der Waals surface area contributed by atoms with Crippen molar-refractivity contribution in [2.45, 2.75) is 46.7 Å². The molecule has 4 nitrogen and oxygen atoms in total. The molecule has 2 aromatic heterocycles. The minimum atomic E-state index is -0.290. The van der Waals surface area contributed by atoms with E-state index in [4.69, 9.17) is 0 Å². The molecule has 0 aliphatic heterocycles. The van der Waals surface area contributed by atoms with Crippen LogP contribution in [0.5, 0.6) is 0 Å². The molecule has 0 aliphatic carbocycles. The first-order valence-electron chi connectivity index (χ1n) is 9.47. The Hall–Kier alpha value is -2.21. The van der Waals surface area contributed by atoms with Gasteiger partial charge in [-0.2, -0.15) is 0 Å². The van der Waals surface area contributed by atoms with E-state index in [0.717, 1.165) is 35.6 Å². The van der Waals surface area contributed by atoms with Crippen molar-refractivity contribution >= 4 is 28.3 Å². The Morgan fingerprint density at radius 3 is 2.81 bits per heavy atom. The van der Waals surface area contributed by atoms with Crippen molar-refractivity contribution in [3.8, 4) is 0 Å². The third kappa shape index (κ3) is 4.56. The van der Waals surface area contributed by atoms with Gasteiger partial charge >= 0.3 is 0 Å². The zero-order valence-electron chi connectivity index (χ0n) is 16.1. The van der Waals surface area contributed by atoms with Gasteiger partial charge in [0.2, 0.25) is 0 Å². The molecule has 0 fully saturated rings. The van der Waals surface area contributed by atoms with Gasteiger partial charge in [-0.05, 0) is 42.3 Å². The molecule has 0 radical (unpaired) electrons. The van der Waals surface area contributed by atoms with Gasteiger partial charge in [0.05, 0.1) is 22.5 Å². The number of halogens is 1. The van der Waals surface area contributed by atoms with Gasteiger partial charge in [-0.25, -0.2) is 9.37 Å². The summed E-state index contributed by atoms with van der Waals surface area (Å²) in [4.78, 5) is 20.3. The molecule has 0 atom stereocenters. The van der Waals surface area contributed by atoms with Gasteiger partial charge in [0.1, 0.15) is 11.6 Å². The fourth-order valence-corrected chi connectivity index (χ4v) is 3.83. The van der Waals surface area contributed by atoms with Crippen molar-refractivity contribution in [3.05, 3.63) is 52.2 Å². The maximum Gasteiger partial charge on any atom is 0.264 e. The van der Waals surface area contributed by atoms with Crippen LogP contribution in [0, 0.1) is 11.7 Å². The average Bonchev–Trinajstić information content (AvgIpc) is 3.26. The standard InChI is InChI=1S/C21H26FN3OS/c1-4-10-25-18-8-7-16(22)13-17(18)23-20(25)14-24(11-9-15(2)3)21(26)19-6-5-12-27-19/h5-8,12-13,15H,4,9-11,14H2,1-3H3. The van der Waals surface area contributed by atoms with E-state index in [2.05, 4.69) is 30.3 Å². The molecule has 0 saturated heterocycles. The number of aromatic nitrogens is 2. The van der Waals surface area contributed by atoms with Crippen LogP contribution in [0.1, 0.15) is 49.1 Å². The van der Waals surface area contributed by atoms with Crippen LogP contribution in [0.2, 0.25) is 0 Å². The summed E-state index contributed by atoms with van der Waals surface area (Å²) in [5.74, 6) is 1.06. The molecule has 0 spiro atoms. The van der Waals surface area contributed by atoms with Crippen molar-refractivity contribution in [1.82, 2.24) is 14.5 Å². The number of carbonyl (C=O) groups excluding carboxylic acids is 1. The molecule has 2 heterocycles. The van der Waals surface area contributed by atoms with Crippen LogP contribution < -0.4 is 0 Å². The molecule has 3 aromatic rings. The van der Waals surface area contributed by atoms with Gasteiger partial charge in [-0.15, -0.1) is 11.3 Å². The van der Waals surface area contributed by atoms with Crippen LogP contribution in [0.15, 0.2) is 35.7 Å². The smallest absolute Gasteiger partial charge is 0.264 e. The first kappa shape index (κ1) is 19.5. The van der Waals surface area contributed by atoms with E-state index in [1.807, 2.05) is 22.4 Å². The third-order valence-electron chi connectivity index (χ3n) is 4.56. The number of imidazole rings is 1. The lowest BCUT2D eigenvalue weighted by atomic mass is 10.1. The lowest BCUT2D eigenvalue weighted by Crippen LogP contribution is -2.32. The molecule has 6 heteroatoms. The fourth-order valence-electron chi connectivity index (χ4n) is 3.14. The highest BCUT2D eigenvalue weighted by molar-refractivity contribution is 7.12. The Morgan fingerprint density at radius 2 is 2.15 bits per heavy atom. The SMILES string of the molecule is CCCn1c(CN(CCC(C)C)C(=O)c2cccs2)nc2cc(F)ccc21. The second-order valence-corrected chi connectivity index (χ2v) is 8.15. The molecule has 0 unspecified atom stereocenters. The van der Waals surface area contributed by atoms with E-state index in [-0.39, 0.29) is 11.7 Å². The van der Waals surface area contributed by atoms with Gasteiger partial charge in [0, 0.05) is 19.2 Å². The lowest BCUT2D eigenvalue weighted by molar-refractivity contribution is 0.0734. The number of thiophene rings is 1. The Labute approximate surface area is 163 Å². The highest BCUT2D eigenvalue weighted by atomic mass is 32.1.